The highest BCUT2D eigenvalue weighted by atomic mass is 79.9. The van der Waals surface area contributed by atoms with Gasteiger partial charge < -0.3 is 9.47 Å². The summed E-state index contributed by atoms with van der Waals surface area (Å²) in [6.07, 6.45) is 2.90. The predicted molar refractivity (Wildman–Crippen MR) is 55.7 cm³/mol. The number of rotatable bonds is 3. The second-order valence-electron chi connectivity index (χ2n) is 3.17. The maximum atomic E-state index is 5.47. The van der Waals surface area contributed by atoms with Gasteiger partial charge in [-0.15, -0.1) is 5.92 Å². The summed E-state index contributed by atoms with van der Waals surface area (Å²) in [5.74, 6) is 5.70. The van der Waals surface area contributed by atoms with Crippen molar-refractivity contribution < 1.29 is 9.47 Å². The molecule has 0 aromatic rings. The van der Waals surface area contributed by atoms with E-state index in [1.165, 1.54) is 0 Å². The molecule has 0 saturated carbocycles. The maximum Gasteiger partial charge on any atom is 0.165 e. The summed E-state index contributed by atoms with van der Waals surface area (Å²) in [5, 5.41) is 0.761. The molecule has 1 fully saturated rings. The Hall–Kier alpha value is -0.0400. The molecule has 0 aliphatic carbocycles. The van der Waals surface area contributed by atoms with Gasteiger partial charge in [-0.1, -0.05) is 21.9 Å². The van der Waals surface area contributed by atoms with Crippen molar-refractivity contribution in [3.63, 3.8) is 0 Å². The van der Waals surface area contributed by atoms with Crippen LogP contribution in [0.15, 0.2) is 0 Å². The van der Waals surface area contributed by atoms with Crippen LogP contribution < -0.4 is 0 Å². The van der Waals surface area contributed by atoms with Crippen LogP contribution in [0.3, 0.4) is 0 Å². The molecular weight excluding hydrogens is 232 g/mol. The molecule has 0 radical (unpaired) electrons. The van der Waals surface area contributed by atoms with Crippen LogP contribution in [-0.4, -0.2) is 24.3 Å². The van der Waals surface area contributed by atoms with Crippen molar-refractivity contribution in [1.82, 2.24) is 0 Å². The number of hydrogen-bond acceptors (Lipinski definition) is 2. The second kappa shape index (κ2) is 5.64. The Morgan fingerprint density at radius 3 is 2.62 bits per heavy atom. The summed E-state index contributed by atoms with van der Waals surface area (Å²) in [6, 6.07) is 0. The number of ether oxygens (including phenoxy) is 2. The Bertz CT molecular complexity index is 199. The fraction of sp³-hybridized carbons (Fsp3) is 0.800. The lowest BCUT2D eigenvalue weighted by molar-refractivity contribution is -0.147. The largest absolute Gasteiger partial charge is 0.348 e. The fourth-order valence-electron chi connectivity index (χ4n) is 1.33. The zero-order valence-electron chi connectivity index (χ0n) is 7.94. The van der Waals surface area contributed by atoms with Crippen LogP contribution in [0, 0.1) is 11.8 Å². The van der Waals surface area contributed by atoms with Gasteiger partial charge in [-0.3, -0.25) is 0 Å². The first kappa shape index (κ1) is 11.0. The minimum atomic E-state index is -0.337. The van der Waals surface area contributed by atoms with Crippen LogP contribution in [0.4, 0.5) is 0 Å². The Kier molecular flexibility index (Phi) is 4.79. The van der Waals surface area contributed by atoms with E-state index >= 15 is 0 Å². The van der Waals surface area contributed by atoms with Crippen molar-refractivity contribution in [1.29, 1.82) is 0 Å². The molecule has 0 aromatic heterocycles. The van der Waals surface area contributed by atoms with Gasteiger partial charge in [0.05, 0.1) is 18.5 Å². The van der Waals surface area contributed by atoms with Gasteiger partial charge in [0.2, 0.25) is 0 Å². The third-order valence-electron chi connectivity index (χ3n) is 2.02. The van der Waals surface area contributed by atoms with Gasteiger partial charge in [0, 0.05) is 12.8 Å². The average Bonchev–Trinajstić information content (AvgIpc) is 2.53. The van der Waals surface area contributed by atoms with Crippen LogP contribution >= 0.6 is 15.9 Å². The summed E-state index contributed by atoms with van der Waals surface area (Å²) >= 11 is 3.26. The summed E-state index contributed by atoms with van der Waals surface area (Å²) in [5.41, 5.74) is 0. The van der Waals surface area contributed by atoms with E-state index in [1.807, 2.05) is 6.92 Å². The van der Waals surface area contributed by atoms with Crippen LogP contribution in [-0.2, 0) is 9.47 Å². The predicted octanol–water partition coefficient (Wildman–Crippen LogP) is 2.32. The van der Waals surface area contributed by atoms with E-state index in [4.69, 9.17) is 9.47 Å². The lowest BCUT2D eigenvalue weighted by Gasteiger charge is -2.21. The molecule has 3 heteroatoms. The van der Waals surface area contributed by atoms with E-state index in [2.05, 4.69) is 27.8 Å². The lowest BCUT2D eigenvalue weighted by Crippen LogP contribution is -2.24. The molecule has 0 spiro atoms. The SMILES string of the molecule is CC1(CCCC#CCBr)OCCO1. The van der Waals surface area contributed by atoms with Gasteiger partial charge in [0.1, 0.15) is 0 Å². The molecule has 0 aromatic carbocycles. The van der Waals surface area contributed by atoms with Gasteiger partial charge in [0.15, 0.2) is 5.79 Å². The third-order valence-corrected chi connectivity index (χ3v) is 2.30. The first-order valence-corrected chi connectivity index (χ1v) is 5.68. The third kappa shape index (κ3) is 4.12. The van der Waals surface area contributed by atoms with Gasteiger partial charge in [-0.2, -0.15) is 0 Å². The van der Waals surface area contributed by atoms with E-state index in [-0.39, 0.29) is 5.79 Å². The molecule has 0 atom stereocenters. The lowest BCUT2D eigenvalue weighted by atomic mass is 10.1. The first-order chi connectivity index (χ1) is 6.27. The monoisotopic (exact) mass is 246 g/mol. The Morgan fingerprint density at radius 1 is 1.31 bits per heavy atom. The highest BCUT2D eigenvalue weighted by molar-refractivity contribution is 9.09. The standard InChI is InChI=1S/C10H15BrO2/c1-10(12-8-9-13-10)6-4-2-3-5-7-11/h2,4,6-9H2,1H3. The van der Waals surface area contributed by atoms with Crippen LogP contribution in [0.25, 0.3) is 0 Å². The highest BCUT2D eigenvalue weighted by Gasteiger charge is 2.29. The number of halogens is 1. The quantitative estimate of drug-likeness (QED) is 0.433. The molecule has 13 heavy (non-hydrogen) atoms. The topological polar surface area (TPSA) is 18.5 Å². The van der Waals surface area contributed by atoms with Crippen molar-refractivity contribution >= 4 is 15.9 Å². The molecule has 1 heterocycles. The first-order valence-electron chi connectivity index (χ1n) is 4.56. The number of unbranched alkanes of at least 4 members (excludes halogenated alkanes) is 1. The molecule has 1 aliphatic rings. The summed E-state index contributed by atoms with van der Waals surface area (Å²) in [4.78, 5) is 0. The minimum Gasteiger partial charge on any atom is -0.348 e. The van der Waals surface area contributed by atoms with Gasteiger partial charge in [-0.25, -0.2) is 0 Å². The second-order valence-corrected chi connectivity index (χ2v) is 3.73. The van der Waals surface area contributed by atoms with Crippen molar-refractivity contribution in [3.05, 3.63) is 0 Å². The smallest absolute Gasteiger partial charge is 0.165 e. The van der Waals surface area contributed by atoms with Gasteiger partial charge in [0.25, 0.3) is 0 Å². The Balaban J connectivity index is 2.11. The van der Waals surface area contributed by atoms with E-state index in [1.54, 1.807) is 0 Å². The summed E-state index contributed by atoms with van der Waals surface area (Å²) in [6.45, 7) is 3.45. The molecule has 1 rings (SSSR count). The van der Waals surface area contributed by atoms with Crippen LogP contribution in [0.5, 0.6) is 0 Å². The van der Waals surface area contributed by atoms with Gasteiger partial charge in [-0.05, 0) is 13.3 Å². The molecule has 74 valence electrons. The van der Waals surface area contributed by atoms with Crippen molar-refractivity contribution in [2.75, 3.05) is 18.5 Å². The summed E-state index contributed by atoms with van der Waals surface area (Å²) in [7, 11) is 0. The molecule has 0 amide bonds. The Morgan fingerprint density at radius 2 is 2.00 bits per heavy atom. The number of hydrogen-bond donors (Lipinski definition) is 0. The number of alkyl halides is 1. The van der Waals surface area contributed by atoms with Crippen LogP contribution in [0.1, 0.15) is 26.2 Å². The highest BCUT2D eigenvalue weighted by Crippen LogP contribution is 2.24. The van der Waals surface area contributed by atoms with Gasteiger partial charge >= 0.3 is 0 Å². The maximum absolute atomic E-state index is 5.47. The van der Waals surface area contributed by atoms with E-state index < -0.39 is 0 Å². The molecule has 0 bridgehead atoms. The average molecular weight is 247 g/mol. The van der Waals surface area contributed by atoms with Crippen molar-refractivity contribution in [2.45, 2.75) is 32.0 Å². The Labute approximate surface area is 88.1 Å². The normalized spacial score (nSPS) is 19.5. The zero-order valence-corrected chi connectivity index (χ0v) is 9.52. The van der Waals surface area contributed by atoms with E-state index in [0.717, 1.165) is 37.8 Å². The molecule has 2 nitrogen and oxygen atoms in total. The minimum absolute atomic E-state index is 0.337. The van der Waals surface area contributed by atoms with Crippen LogP contribution in [0.2, 0.25) is 0 Å². The molecule has 0 N–H and O–H groups in total. The fourth-order valence-corrected chi connectivity index (χ4v) is 1.53. The summed E-state index contributed by atoms with van der Waals surface area (Å²) < 4.78 is 10.9. The van der Waals surface area contributed by atoms with E-state index in [0.29, 0.717) is 0 Å². The van der Waals surface area contributed by atoms with Crippen molar-refractivity contribution in [3.8, 4) is 11.8 Å². The molecule has 1 aliphatic heterocycles. The van der Waals surface area contributed by atoms with E-state index in [9.17, 15) is 0 Å². The zero-order chi connectivity index (χ0) is 9.57. The molecular formula is C10H15BrO2. The van der Waals surface area contributed by atoms with Crippen molar-refractivity contribution in [2.24, 2.45) is 0 Å². The molecule has 1 saturated heterocycles. The molecule has 0 unspecified atom stereocenters.